The molecule has 2 rings (SSSR count). The topological polar surface area (TPSA) is 12.0 Å². The van der Waals surface area contributed by atoms with Crippen LogP contribution in [0.25, 0.3) is 0 Å². The molecule has 2 aromatic rings. The molecule has 0 aliphatic heterocycles. The number of nitrogens with one attached hydrogen (secondary N) is 1. The molecule has 1 atom stereocenters. The summed E-state index contributed by atoms with van der Waals surface area (Å²) in [6.07, 6.45) is 0. The van der Waals surface area contributed by atoms with Crippen LogP contribution in [0.5, 0.6) is 0 Å². The third-order valence-corrected chi connectivity index (χ3v) is 5.05. The Morgan fingerprint density at radius 3 is 2.58 bits per heavy atom. The average molecular weight is 340 g/mol. The first-order chi connectivity index (χ1) is 9.11. The fourth-order valence-electron chi connectivity index (χ4n) is 1.75. The quantitative estimate of drug-likeness (QED) is 0.839. The summed E-state index contributed by atoms with van der Waals surface area (Å²) in [5.74, 6) is -0.200. The lowest BCUT2D eigenvalue weighted by atomic mass is 10.1. The van der Waals surface area contributed by atoms with Gasteiger partial charge in [0.05, 0.1) is 0 Å². The van der Waals surface area contributed by atoms with Crippen LogP contribution in [0, 0.1) is 5.82 Å². The van der Waals surface area contributed by atoms with Crippen molar-refractivity contribution in [1.29, 1.82) is 0 Å². The Labute approximate surface area is 125 Å². The van der Waals surface area contributed by atoms with E-state index in [0.717, 1.165) is 19.8 Å². The lowest BCUT2D eigenvalue weighted by Crippen LogP contribution is -2.13. The van der Waals surface area contributed by atoms with Gasteiger partial charge in [0.2, 0.25) is 0 Å². The lowest BCUT2D eigenvalue weighted by Gasteiger charge is -2.16. The van der Waals surface area contributed by atoms with Crippen molar-refractivity contribution >= 4 is 27.7 Å². The Bertz CT molecular complexity index is 574. The maximum absolute atomic E-state index is 13.4. The van der Waals surface area contributed by atoms with Crippen LogP contribution >= 0.6 is 27.7 Å². The molecule has 2 aromatic carbocycles. The van der Waals surface area contributed by atoms with Crippen molar-refractivity contribution in [2.45, 2.75) is 22.8 Å². The molecule has 0 aliphatic rings. The summed E-state index contributed by atoms with van der Waals surface area (Å²) in [6.45, 7) is 2.03. The van der Waals surface area contributed by atoms with Crippen LogP contribution in [0.15, 0.2) is 56.7 Å². The minimum Gasteiger partial charge on any atom is -0.313 e. The van der Waals surface area contributed by atoms with E-state index in [1.807, 2.05) is 44.3 Å². The molecule has 4 heteroatoms. The second-order valence-corrected chi connectivity index (χ2v) is 6.16. The van der Waals surface area contributed by atoms with Crippen molar-refractivity contribution in [3.63, 3.8) is 0 Å². The van der Waals surface area contributed by atoms with Gasteiger partial charge < -0.3 is 5.32 Å². The van der Waals surface area contributed by atoms with Gasteiger partial charge in [0.1, 0.15) is 5.82 Å². The van der Waals surface area contributed by atoms with Crippen molar-refractivity contribution < 1.29 is 4.39 Å². The first-order valence-corrected chi connectivity index (χ1v) is 7.62. The zero-order chi connectivity index (χ0) is 13.8. The second kappa shape index (κ2) is 6.55. The molecule has 19 heavy (non-hydrogen) atoms. The van der Waals surface area contributed by atoms with E-state index in [0.29, 0.717) is 0 Å². The molecule has 0 heterocycles. The Hall–Kier alpha value is -0.840. The van der Waals surface area contributed by atoms with Gasteiger partial charge in [0, 0.05) is 20.3 Å². The van der Waals surface area contributed by atoms with Crippen molar-refractivity contribution in [3.05, 3.63) is 58.3 Å². The molecule has 0 saturated carbocycles. The predicted molar refractivity (Wildman–Crippen MR) is 82.1 cm³/mol. The lowest BCUT2D eigenvalue weighted by molar-refractivity contribution is 0.601. The van der Waals surface area contributed by atoms with E-state index < -0.39 is 0 Å². The van der Waals surface area contributed by atoms with Gasteiger partial charge in [-0.25, -0.2) is 4.39 Å². The van der Waals surface area contributed by atoms with Gasteiger partial charge in [-0.1, -0.05) is 23.9 Å². The fraction of sp³-hybridized carbons (Fsp3) is 0.200. The molecule has 0 bridgehead atoms. The van der Waals surface area contributed by atoms with Crippen LogP contribution in [0.1, 0.15) is 18.5 Å². The summed E-state index contributed by atoms with van der Waals surface area (Å²) in [5.41, 5.74) is 0.975. The maximum atomic E-state index is 13.4. The normalized spacial score (nSPS) is 12.4. The smallest absolute Gasteiger partial charge is 0.123 e. The highest BCUT2D eigenvalue weighted by Crippen LogP contribution is 2.37. The van der Waals surface area contributed by atoms with Crippen LogP contribution in [0.4, 0.5) is 4.39 Å². The van der Waals surface area contributed by atoms with E-state index in [1.165, 1.54) is 6.07 Å². The molecule has 1 unspecified atom stereocenters. The minimum atomic E-state index is -0.200. The van der Waals surface area contributed by atoms with Crippen molar-refractivity contribution in [1.82, 2.24) is 5.32 Å². The van der Waals surface area contributed by atoms with Crippen LogP contribution in [0.3, 0.4) is 0 Å². The van der Waals surface area contributed by atoms with Crippen molar-refractivity contribution in [2.24, 2.45) is 0 Å². The number of rotatable bonds is 4. The summed E-state index contributed by atoms with van der Waals surface area (Å²) < 4.78 is 14.5. The van der Waals surface area contributed by atoms with Crippen molar-refractivity contribution in [2.75, 3.05) is 7.05 Å². The van der Waals surface area contributed by atoms with Gasteiger partial charge in [-0.15, -0.1) is 0 Å². The van der Waals surface area contributed by atoms with E-state index in [4.69, 9.17) is 0 Å². The Kier molecular flexibility index (Phi) is 5.02. The molecule has 0 aliphatic carbocycles. The molecule has 0 radical (unpaired) electrons. The molecule has 0 saturated heterocycles. The molecule has 0 fully saturated rings. The molecular weight excluding hydrogens is 325 g/mol. The van der Waals surface area contributed by atoms with Gasteiger partial charge in [0.25, 0.3) is 0 Å². The Balaban J connectivity index is 2.37. The largest absolute Gasteiger partial charge is 0.313 e. The number of benzene rings is 2. The predicted octanol–water partition coefficient (Wildman–Crippen LogP) is 5.02. The zero-order valence-corrected chi connectivity index (χ0v) is 13.2. The Morgan fingerprint density at radius 1 is 1.16 bits per heavy atom. The third-order valence-electron chi connectivity index (χ3n) is 2.93. The SMILES string of the molecule is CNC(C)c1cc(F)ccc1Sc1ccccc1Br. The van der Waals surface area contributed by atoms with Crippen LogP contribution < -0.4 is 5.32 Å². The summed E-state index contributed by atoms with van der Waals surface area (Å²) in [7, 11) is 1.88. The molecule has 1 N–H and O–H groups in total. The van der Waals surface area contributed by atoms with E-state index in [2.05, 4.69) is 21.2 Å². The first kappa shape index (κ1) is 14.6. The number of halogens is 2. The molecule has 1 nitrogen and oxygen atoms in total. The zero-order valence-electron chi connectivity index (χ0n) is 10.8. The standard InChI is InChI=1S/C15H15BrFNS/c1-10(18-2)12-9-11(17)7-8-14(12)19-15-6-4-3-5-13(15)16/h3-10,18H,1-2H3. The highest BCUT2D eigenvalue weighted by atomic mass is 79.9. The van der Waals surface area contributed by atoms with Gasteiger partial charge in [0.15, 0.2) is 0 Å². The van der Waals surface area contributed by atoms with Crippen molar-refractivity contribution in [3.8, 4) is 0 Å². The Morgan fingerprint density at radius 2 is 1.89 bits per heavy atom. The van der Waals surface area contributed by atoms with Gasteiger partial charge >= 0.3 is 0 Å². The van der Waals surface area contributed by atoms with E-state index in [1.54, 1.807) is 17.8 Å². The van der Waals surface area contributed by atoms with Crippen LogP contribution in [0.2, 0.25) is 0 Å². The molecular formula is C15H15BrFNS. The van der Waals surface area contributed by atoms with E-state index in [-0.39, 0.29) is 11.9 Å². The summed E-state index contributed by atoms with van der Waals surface area (Å²) in [5, 5.41) is 3.16. The van der Waals surface area contributed by atoms with Gasteiger partial charge in [-0.3, -0.25) is 0 Å². The molecule has 0 aromatic heterocycles. The average Bonchev–Trinajstić information content (AvgIpc) is 2.42. The van der Waals surface area contributed by atoms with Gasteiger partial charge in [-0.05, 0) is 65.8 Å². The molecule has 0 amide bonds. The summed E-state index contributed by atoms with van der Waals surface area (Å²) in [6, 6.07) is 13.1. The molecule has 100 valence electrons. The first-order valence-electron chi connectivity index (χ1n) is 6.01. The van der Waals surface area contributed by atoms with Gasteiger partial charge in [-0.2, -0.15) is 0 Å². The van der Waals surface area contributed by atoms with Crippen LogP contribution in [-0.4, -0.2) is 7.05 Å². The number of hydrogen-bond donors (Lipinski definition) is 1. The molecule has 0 spiro atoms. The number of hydrogen-bond acceptors (Lipinski definition) is 2. The summed E-state index contributed by atoms with van der Waals surface area (Å²) in [4.78, 5) is 2.19. The monoisotopic (exact) mass is 339 g/mol. The second-order valence-electron chi connectivity index (χ2n) is 4.22. The maximum Gasteiger partial charge on any atom is 0.123 e. The fourth-order valence-corrected chi connectivity index (χ4v) is 3.32. The van der Waals surface area contributed by atoms with E-state index >= 15 is 0 Å². The highest BCUT2D eigenvalue weighted by molar-refractivity contribution is 9.10. The third kappa shape index (κ3) is 3.59. The highest BCUT2D eigenvalue weighted by Gasteiger charge is 2.12. The minimum absolute atomic E-state index is 0.112. The summed E-state index contributed by atoms with van der Waals surface area (Å²) >= 11 is 5.18. The van der Waals surface area contributed by atoms with Crippen LogP contribution in [-0.2, 0) is 0 Å². The van der Waals surface area contributed by atoms with E-state index in [9.17, 15) is 4.39 Å².